The molecule has 118 valence electrons. The third kappa shape index (κ3) is 5.23. The molecular weight excluding hydrogens is 319 g/mol. The number of rotatable bonds is 4. The zero-order chi connectivity index (χ0) is 16.8. The third-order valence-corrected chi connectivity index (χ3v) is 3.09. The molecule has 0 saturated carbocycles. The van der Waals surface area contributed by atoms with Crippen LogP contribution in [0.25, 0.3) is 6.08 Å². The molecule has 0 unspecified atom stereocenters. The first-order valence-corrected chi connectivity index (χ1v) is 7.13. The van der Waals surface area contributed by atoms with E-state index < -0.39 is 11.7 Å². The maximum atomic E-state index is 13.5. The van der Waals surface area contributed by atoms with Crippen molar-refractivity contribution in [3.63, 3.8) is 0 Å². The quantitative estimate of drug-likeness (QED) is 0.828. The van der Waals surface area contributed by atoms with Gasteiger partial charge in [0.25, 0.3) is 0 Å². The van der Waals surface area contributed by atoms with Crippen LogP contribution in [0, 0.1) is 5.82 Å². The van der Waals surface area contributed by atoms with Gasteiger partial charge in [0, 0.05) is 23.7 Å². The van der Waals surface area contributed by atoms with Crippen LogP contribution in [-0.2, 0) is 9.59 Å². The minimum Gasteiger partial charge on any atom is -0.324 e. The Kier molecular flexibility index (Phi) is 5.49. The zero-order valence-corrected chi connectivity index (χ0v) is 13.0. The Morgan fingerprint density at radius 2 is 1.78 bits per heavy atom. The number of anilines is 2. The van der Waals surface area contributed by atoms with Gasteiger partial charge in [0.05, 0.1) is 5.69 Å². The lowest BCUT2D eigenvalue weighted by molar-refractivity contribution is -0.114. The highest BCUT2D eigenvalue weighted by Crippen LogP contribution is 2.19. The number of amides is 2. The van der Waals surface area contributed by atoms with Gasteiger partial charge in [-0.25, -0.2) is 4.39 Å². The molecule has 6 heteroatoms. The van der Waals surface area contributed by atoms with Crippen LogP contribution >= 0.6 is 11.6 Å². The molecule has 2 aromatic rings. The van der Waals surface area contributed by atoms with Crippen molar-refractivity contribution in [3.05, 3.63) is 64.9 Å². The van der Waals surface area contributed by atoms with Gasteiger partial charge in [0.2, 0.25) is 11.8 Å². The standard InChI is InChI=1S/C17H14ClFN2O2/c1-11(22)20-16-10-14(7-8-15(16)19)21-17(23)9-4-12-2-5-13(18)6-3-12/h2-10H,1H3,(H,20,22)(H,21,23)/b9-4+. The molecule has 0 radical (unpaired) electrons. The highest BCUT2D eigenvalue weighted by atomic mass is 35.5. The van der Waals surface area contributed by atoms with E-state index in [0.717, 1.165) is 5.56 Å². The minimum atomic E-state index is -0.574. The molecule has 0 aliphatic carbocycles. The molecule has 23 heavy (non-hydrogen) atoms. The smallest absolute Gasteiger partial charge is 0.248 e. The summed E-state index contributed by atoms with van der Waals surface area (Å²) >= 11 is 5.78. The monoisotopic (exact) mass is 332 g/mol. The van der Waals surface area contributed by atoms with Gasteiger partial charge in [-0.1, -0.05) is 23.7 Å². The van der Waals surface area contributed by atoms with Crippen LogP contribution in [0.3, 0.4) is 0 Å². The minimum absolute atomic E-state index is 0.0111. The topological polar surface area (TPSA) is 58.2 Å². The van der Waals surface area contributed by atoms with Crippen molar-refractivity contribution in [1.29, 1.82) is 0 Å². The predicted molar refractivity (Wildman–Crippen MR) is 89.8 cm³/mol. The third-order valence-electron chi connectivity index (χ3n) is 2.84. The van der Waals surface area contributed by atoms with Crippen molar-refractivity contribution in [3.8, 4) is 0 Å². The van der Waals surface area contributed by atoms with E-state index in [1.165, 1.54) is 31.2 Å². The van der Waals surface area contributed by atoms with Crippen LogP contribution in [0.1, 0.15) is 12.5 Å². The average molecular weight is 333 g/mol. The Balaban J connectivity index is 2.05. The van der Waals surface area contributed by atoms with Crippen LogP contribution in [-0.4, -0.2) is 11.8 Å². The van der Waals surface area contributed by atoms with E-state index in [0.29, 0.717) is 10.7 Å². The second kappa shape index (κ2) is 7.56. The first-order chi connectivity index (χ1) is 10.9. The van der Waals surface area contributed by atoms with Gasteiger partial charge in [-0.05, 0) is 42.0 Å². The lowest BCUT2D eigenvalue weighted by atomic mass is 10.2. The number of benzene rings is 2. The Morgan fingerprint density at radius 3 is 2.43 bits per heavy atom. The summed E-state index contributed by atoms with van der Waals surface area (Å²) in [4.78, 5) is 22.9. The second-order valence-electron chi connectivity index (χ2n) is 4.75. The maximum Gasteiger partial charge on any atom is 0.248 e. The summed E-state index contributed by atoms with van der Waals surface area (Å²) in [6, 6.07) is 10.9. The summed E-state index contributed by atoms with van der Waals surface area (Å²) in [5.74, 6) is -1.34. The Morgan fingerprint density at radius 1 is 1.09 bits per heavy atom. The number of carbonyl (C=O) groups is 2. The van der Waals surface area contributed by atoms with Gasteiger partial charge in [-0.15, -0.1) is 0 Å². The van der Waals surface area contributed by atoms with E-state index in [1.807, 2.05) is 0 Å². The fraction of sp³-hybridized carbons (Fsp3) is 0.0588. The summed E-state index contributed by atoms with van der Waals surface area (Å²) in [5, 5.41) is 5.56. The summed E-state index contributed by atoms with van der Waals surface area (Å²) in [7, 11) is 0. The molecule has 0 aliphatic rings. The first-order valence-electron chi connectivity index (χ1n) is 6.76. The van der Waals surface area contributed by atoms with Crippen LogP contribution in [0.5, 0.6) is 0 Å². The molecule has 0 aromatic heterocycles. The summed E-state index contributed by atoms with van der Waals surface area (Å²) in [6.45, 7) is 1.28. The maximum absolute atomic E-state index is 13.5. The van der Waals surface area contributed by atoms with Gasteiger partial charge in [0.15, 0.2) is 0 Å². The molecule has 4 nitrogen and oxygen atoms in total. The molecule has 2 N–H and O–H groups in total. The van der Waals surface area contributed by atoms with Crippen molar-refractivity contribution in [2.75, 3.05) is 10.6 Å². The van der Waals surface area contributed by atoms with Gasteiger partial charge in [0.1, 0.15) is 5.82 Å². The lowest BCUT2D eigenvalue weighted by Gasteiger charge is -2.07. The normalized spacial score (nSPS) is 10.6. The van der Waals surface area contributed by atoms with Gasteiger partial charge >= 0.3 is 0 Å². The molecular formula is C17H14ClFN2O2. The van der Waals surface area contributed by atoms with Crippen LogP contribution < -0.4 is 10.6 Å². The van der Waals surface area contributed by atoms with Crippen LogP contribution in [0.4, 0.5) is 15.8 Å². The van der Waals surface area contributed by atoms with Crippen LogP contribution in [0.15, 0.2) is 48.5 Å². The van der Waals surface area contributed by atoms with E-state index in [4.69, 9.17) is 11.6 Å². The van der Waals surface area contributed by atoms with Crippen LogP contribution in [0.2, 0.25) is 5.02 Å². The number of nitrogens with one attached hydrogen (secondary N) is 2. The average Bonchev–Trinajstić information content (AvgIpc) is 2.49. The van der Waals surface area contributed by atoms with E-state index >= 15 is 0 Å². The summed E-state index contributed by atoms with van der Waals surface area (Å²) in [5.41, 5.74) is 1.21. The van der Waals surface area contributed by atoms with Gasteiger partial charge in [-0.3, -0.25) is 9.59 Å². The number of hydrogen-bond donors (Lipinski definition) is 2. The first kappa shape index (κ1) is 16.7. The van der Waals surface area contributed by atoms with E-state index in [-0.39, 0.29) is 11.6 Å². The van der Waals surface area contributed by atoms with Crippen molar-refractivity contribution < 1.29 is 14.0 Å². The molecule has 0 saturated heterocycles. The van der Waals surface area contributed by atoms with Gasteiger partial charge < -0.3 is 10.6 Å². The molecule has 0 bridgehead atoms. The fourth-order valence-corrected chi connectivity index (χ4v) is 1.94. The summed E-state index contributed by atoms with van der Waals surface area (Å²) in [6.07, 6.45) is 2.98. The van der Waals surface area contributed by atoms with E-state index in [9.17, 15) is 14.0 Å². The largest absolute Gasteiger partial charge is 0.324 e. The Hall–Kier alpha value is -2.66. The molecule has 0 fully saturated rings. The van der Waals surface area contributed by atoms with E-state index in [1.54, 1.807) is 30.3 Å². The fourth-order valence-electron chi connectivity index (χ4n) is 1.82. The molecule has 0 aliphatic heterocycles. The van der Waals surface area contributed by atoms with Gasteiger partial charge in [-0.2, -0.15) is 0 Å². The zero-order valence-electron chi connectivity index (χ0n) is 12.3. The predicted octanol–water partition coefficient (Wildman–Crippen LogP) is 4.09. The highest BCUT2D eigenvalue weighted by molar-refractivity contribution is 6.30. The lowest BCUT2D eigenvalue weighted by Crippen LogP contribution is -2.10. The number of carbonyl (C=O) groups excluding carboxylic acids is 2. The van der Waals surface area contributed by atoms with Crippen molar-refractivity contribution in [2.24, 2.45) is 0 Å². The number of hydrogen-bond acceptors (Lipinski definition) is 2. The molecule has 2 rings (SSSR count). The molecule has 2 amide bonds. The van der Waals surface area contributed by atoms with Crippen molar-refractivity contribution in [2.45, 2.75) is 6.92 Å². The van der Waals surface area contributed by atoms with Crippen molar-refractivity contribution >= 4 is 40.9 Å². The number of halogens is 2. The molecule has 0 heterocycles. The highest BCUT2D eigenvalue weighted by Gasteiger charge is 2.06. The Bertz CT molecular complexity index is 758. The molecule has 0 atom stereocenters. The Labute approximate surface area is 138 Å². The second-order valence-corrected chi connectivity index (χ2v) is 5.19. The van der Waals surface area contributed by atoms with Crippen molar-refractivity contribution in [1.82, 2.24) is 0 Å². The SMILES string of the molecule is CC(=O)Nc1cc(NC(=O)/C=C/c2ccc(Cl)cc2)ccc1F. The molecule has 2 aromatic carbocycles. The van der Waals surface area contributed by atoms with E-state index in [2.05, 4.69) is 10.6 Å². The molecule has 0 spiro atoms. The summed E-state index contributed by atoms with van der Waals surface area (Å²) < 4.78 is 13.5.